The zero-order valence-corrected chi connectivity index (χ0v) is 13.0. The first-order valence-electron chi connectivity index (χ1n) is 7.34. The van der Waals surface area contributed by atoms with Crippen molar-refractivity contribution in [2.75, 3.05) is 20.1 Å². The lowest BCUT2D eigenvalue weighted by molar-refractivity contribution is 0.268. The molecule has 0 aromatic carbocycles. The predicted molar refractivity (Wildman–Crippen MR) is 83.0 cm³/mol. The van der Waals surface area contributed by atoms with Gasteiger partial charge in [0.05, 0.1) is 0 Å². The van der Waals surface area contributed by atoms with Gasteiger partial charge in [0.15, 0.2) is 5.11 Å². The van der Waals surface area contributed by atoms with Crippen LogP contribution in [0.3, 0.4) is 0 Å². The molecule has 0 heterocycles. The van der Waals surface area contributed by atoms with Gasteiger partial charge in [-0.1, -0.05) is 12.8 Å². The number of hydrogen-bond acceptors (Lipinski definition) is 2. The first-order chi connectivity index (χ1) is 8.59. The van der Waals surface area contributed by atoms with Crippen LogP contribution in [-0.2, 0) is 0 Å². The van der Waals surface area contributed by atoms with E-state index in [-0.39, 0.29) is 0 Å². The monoisotopic (exact) mass is 271 g/mol. The van der Waals surface area contributed by atoms with Crippen LogP contribution < -0.4 is 10.6 Å². The Bertz CT molecular complexity index is 237. The van der Waals surface area contributed by atoms with Gasteiger partial charge < -0.3 is 15.5 Å². The molecule has 18 heavy (non-hydrogen) atoms. The summed E-state index contributed by atoms with van der Waals surface area (Å²) in [6.07, 6.45) is 7.67. The molecule has 1 saturated carbocycles. The largest absolute Gasteiger partial charge is 0.363 e. The average molecular weight is 271 g/mol. The molecule has 106 valence electrons. The zero-order valence-electron chi connectivity index (χ0n) is 12.2. The van der Waals surface area contributed by atoms with Crippen molar-refractivity contribution >= 4 is 17.3 Å². The van der Waals surface area contributed by atoms with E-state index in [1.54, 1.807) is 0 Å². The van der Waals surface area contributed by atoms with Crippen LogP contribution in [0.5, 0.6) is 0 Å². The van der Waals surface area contributed by atoms with E-state index in [9.17, 15) is 0 Å². The maximum absolute atomic E-state index is 5.30. The molecule has 0 aromatic rings. The summed E-state index contributed by atoms with van der Waals surface area (Å²) in [5.41, 5.74) is 0. The standard InChI is InChI=1S/C14H29N3S/c1-12(2)17(3)11-7-6-10-15-14(18)16-13-8-4-5-9-13/h12-13H,4-11H2,1-3H3,(H2,15,16,18). The molecule has 1 aliphatic carbocycles. The first kappa shape index (κ1) is 15.7. The normalized spacial score (nSPS) is 16.5. The average Bonchev–Trinajstić information content (AvgIpc) is 2.80. The Morgan fingerprint density at radius 1 is 1.28 bits per heavy atom. The summed E-state index contributed by atoms with van der Waals surface area (Å²) < 4.78 is 0. The van der Waals surface area contributed by atoms with Gasteiger partial charge in [-0.05, 0) is 65.3 Å². The van der Waals surface area contributed by atoms with Crippen LogP contribution in [0, 0.1) is 0 Å². The molecule has 1 fully saturated rings. The van der Waals surface area contributed by atoms with Crippen molar-refractivity contribution in [3.8, 4) is 0 Å². The molecule has 4 heteroatoms. The molecule has 0 atom stereocenters. The second-order valence-corrected chi connectivity index (χ2v) is 6.07. The Morgan fingerprint density at radius 3 is 2.56 bits per heavy atom. The van der Waals surface area contributed by atoms with Crippen LogP contribution in [0.1, 0.15) is 52.4 Å². The number of nitrogens with zero attached hydrogens (tertiary/aromatic N) is 1. The van der Waals surface area contributed by atoms with Crippen molar-refractivity contribution in [1.29, 1.82) is 0 Å². The lowest BCUT2D eigenvalue weighted by Gasteiger charge is -2.21. The van der Waals surface area contributed by atoms with Gasteiger partial charge in [0.2, 0.25) is 0 Å². The lowest BCUT2D eigenvalue weighted by atomic mass is 10.2. The van der Waals surface area contributed by atoms with E-state index in [0.29, 0.717) is 12.1 Å². The molecule has 0 unspecified atom stereocenters. The van der Waals surface area contributed by atoms with Gasteiger partial charge in [-0.15, -0.1) is 0 Å². The molecule has 2 N–H and O–H groups in total. The highest BCUT2D eigenvalue weighted by atomic mass is 32.1. The van der Waals surface area contributed by atoms with Crippen molar-refractivity contribution in [3.63, 3.8) is 0 Å². The molecule has 1 aliphatic rings. The van der Waals surface area contributed by atoms with Gasteiger partial charge >= 0.3 is 0 Å². The fourth-order valence-electron chi connectivity index (χ4n) is 2.25. The van der Waals surface area contributed by atoms with E-state index >= 15 is 0 Å². The molecular formula is C14H29N3S. The van der Waals surface area contributed by atoms with Crippen molar-refractivity contribution in [2.45, 2.75) is 64.5 Å². The van der Waals surface area contributed by atoms with E-state index in [4.69, 9.17) is 12.2 Å². The van der Waals surface area contributed by atoms with Crippen molar-refractivity contribution < 1.29 is 0 Å². The van der Waals surface area contributed by atoms with E-state index in [1.807, 2.05) is 0 Å². The Hall–Kier alpha value is -0.350. The Balaban J connectivity index is 1.95. The number of hydrogen-bond donors (Lipinski definition) is 2. The third-order valence-corrected chi connectivity index (χ3v) is 4.06. The van der Waals surface area contributed by atoms with Crippen LogP contribution >= 0.6 is 12.2 Å². The number of nitrogens with one attached hydrogen (secondary N) is 2. The molecular weight excluding hydrogens is 242 g/mol. The second-order valence-electron chi connectivity index (χ2n) is 5.66. The smallest absolute Gasteiger partial charge is 0.166 e. The van der Waals surface area contributed by atoms with E-state index in [1.165, 1.54) is 45.1 Å². The summed E-state index contributed by atoms with van der Waals surface area (Å²) in [6, 6.07) is 1.26. The van der Waals surface area contributed by atoms with Crippen molar-refractivity contribution in [3.05, 3.63) is 0 Å². The van der Waals surface area contributed by atoms with Crippen LogP contribution in [0.4, 0.5) is 0 Å². The minimum absolute atomic E-state index is 0.622. The predicted octanol–water partition coefficient (Wildman–Crippen LogP) is 2.51. The molecule has 0 radical (unpaired) electrons. The Morgan fingerprint density at radius 2 is 1.94 bits per heavy atom. The highest BCUT2D eigenvalue weighted by Crippen LogP contribution is 2.17. The lowest BCUT2D eigenvalue weighted by Crippen LogP contribution is -2.41. The molecule has 0 aromatic heterocycles. The molecule has 0 amide bonds. The van der Waals surface area contributed by atoms with E-state index < -0.39 is 0 Å². The number of unbranched alkanes of at least 4 members (excludes halogenated alkanes) is 1. The summed E-state index contributed by atoms with van der Waals surface area (Å²) in [6.45, 7) is 6.63. The number of thiocarbonyl (C=S) groups is 1. The molecule has 0 saturated heterocycles. The zero-order chi connectivity index (χ0) is 13.4. The van der Waals surface area contributed by atoms with Gasteiger partial charge in [0.25, 0.3) is 0 Å². The van der Waals surface area contributed by atoms with Gasteiger partial charge in [0, 0.05) is 18.6 Å². The van der Waals surface area contributed by atoms with Gasteiger partial charge in [-0.3, -0.25) is 0 Å². The van der Waals surface area contributed by atoms with E-state index in [0.717, 1.165) is 11.7 Å². The minimum Gasteiger partial charge on any atom is -0.363 e. The Labute approximate surface area is 118 Å². The van der Waals surface area contributed by atoms with Gasteiger partial charge in [-0.25, -0.2) is 0 Å². The Kier molecular flexibility index (Phi) is 7.59. The van der Waals surface area contributed by atoms with Crippen LogP contribution in [0.15, 0.2) is 0 Å². The third-order valence-electron chi connectivity index (χ3n) is 3.80. The quantitative estimate of drug-likeness (QED) is 0.549. The van der Waals surface area contributed by atoms with Crippen molar-refractivity contribution in [1.82, 2.24) is 15.5 Å². The number of rotatable bonds is 7. The molecule has 0 bridgehead atoms. The van der Waals surface area contributed by atoms with Gasteiger partial charge in [0.1, 0.15) is 0 Å². The second kappa shape index (κ2) is 8.70. The van der Waals surface area contributed by atoms with Gasteiger partial charge in [-0.2, -0.15) is 0 Å². The summed E-state index contributed by atoms with van der Waals surface area (Å²) in [5, 5.41) is 7.57. The fraction of sp³-hybridized carbons (Fsp3) is 0.929. The SMILES string of the molecule is CC(C)N(C)CCCCNC(=S)NC1CCCC1. The summed E-state index contributed by atoms with van der Waals surface area (Å²) in [7, 11) is 2.18. The van der Waals surface area contributed by atoms with Crippen LogP contribution in [0.2, 0.25) is 0 Å². The molecule has 0 spiro atoms. The summed E-state index contributed by atoms with van der Waals surface area (Å²) >= 11 is 5.30. The minimum atomic E-state index is 0.622. The molecule has 0 aliphatic heterocycles. The topological polar surface area (TPSA) is 27.3 Å². The molecule has 1 rings (SSSR count). The maximum atomic E-state index is 5.30. The third kappa shape index (κ3) is 6.55. The van der Waals surface area contributed by atoms with Crippen LogP contribution in [-0.4, -0.2) is 42.2 Å². The molecule has 3 nitrogen and oxygen atoms in total. The summed E-state index contributed by atoms with van der Waals surface area (Å²) in [5.74, 6) is 0. The van der Waals surface area contributed by atoms with Crippen molar-refractivity contribution in [2.24, 2.45) is 0 Å². The van der Waals surface area contributed by atoms with E-state index in [2.05, 4.69) is 36.4 Å². The fourth-order valence-corrected chi connectivity index (χ4v) is 2.52. The highest BCUT2D eigenvalue weighted by molar-refractivity contribution is 7.80. The van der Waals surface area contributed by atoms with Crippen LogP contribution in [0.25, 0.3) is 0 Å². The first-order valence-corrected chi connectivity index (χ1v) is 7.75. The highest BCUT2D eigenvalue weighted by Gasteiger charge is 2.14. The summed E-state index contributed by atoms with van der Waals surface area (Å²) in [4.78, 5) is 2.38. The maximum Gasteiger partial charge on any atom is 0.166 e.